The highest BCUT2D eigenvalue weighted by Gasteiger charge is 2.45. The van der Waals surface area contributed by atoms with Crippen LogP contribution in [0.4, 0.5) is 18.9 Å². The number of benzene rings is 1. The monoisotopic (exact) mass is 351 g/mol. The summed E-state index contributed by atoms with van der Waals surface area (Å²) in [5.74, 6) is -3.78. The van der Waals surface area contributed by atoms with Crippen LogP contribution in [0.15, 0.2) is 30.4 Å². The topological polar surface area (TPSA) is 41.5 Å². The zero-order valence-corrected chi connectivity index (χ0v) is 13.6. The third-order valence-corrected chi connectivity index (χ3v) is 5.50. The van der Waals surface area contributed by atoms with Gasteiger partial charge in [0.25, 0.3) is 0 Å². The van der Waals surface area contributed by atoms with Crippen molar-refractivity contribution in [2.45, 2.75) is 37.5 Å². The number of aliphatic hydroxyl groups excluding tert-OH is 1. The lowest BCUT2D eigenvalue weighted by Crippen LogP contribution is -2.47. The minimum absolute atomic E-state index is 0.000659. The summed E-state index contributed by atoms with van der Waals surface area (Å²) in [5, 5.41) is 12.6. The lowest BCUT2D eigenvalue weighted by molar-refractivity contribution is -0.112. The molecule has 2 heterocycles. The van der Waals surface area contributed by atoms with E-state index in [0.29, 0.717) is 12.0 Å². The van der Waals surface area contributed by atoms with Gasteiger partial charge in [0.1, 0.15) is 0 Å². The molecular weight excluding hydrogens is 331 g/mol. The van der Waals surface area contributed by atoms with Crippen LogP contribution in [0.5, 0.6) is 0 Å². The summed E-state index contributed by atoms with van der Waals surface area (Å²) in [4.78, 5) is 0. The van der Waals surface area contributed by atoms with E-state index in [2.05, 4.69) is 11.4 Å². The quantitative estimate of drug-likeness (QED) is 0.795. The van der Waals surface area contributed by atoms with Crippen LogP contribution in [0.2, 0.25) is 0 Å². The van der Waals surface area contributed by atoms with Crippen molar-refractivity contribution in [3.63, 3.8) is 0 Å². The summed E-state index contributed by atoms with van der Waals surface area (Å²) in [6.45, 7) is -0.144. The largest absolute Gasteiger partial charge is 0.394 e. The molecule has 134 valence electrons. The zero-order valence-electron chi connectivity index (χ0n) is 13.6. The second-order valence-corrected chi connectivity index (χ2v) is 6.94. The summed E-state index contributed by atoms with van der Waals surface area (Å²) in [5.41, 5.74) is 0.276. The van der Waals surface area contributed by atoms with Gasteiger partial charge in [-0.05, 0) is 25.3 Å². The van der Waals surface area contributed by atoms with E-state index in [9.17, 15) is 18.3 Å². The minimum atomic E-state index is -1.47. The minimum Gasteiger partial charge on any atom is -0.394 e. The third-order valence-electron chi connectivity index (χ3n) is 5.50. The smallest absolute Gasteiger partial charge is 0.196 e. The van der Waals surface area contributed by atoms with E-state index >= 15 is 0 Å². The Labute approximate surface area is 144 Å². The fourth-order valence-corrected chi connectivity index (χ4v) is 4.26. The van der Waals surface area contributed by atoms with Crippen molar-refractivity contribution < 1.29 is 23.0 Å². The van der Waals surface area contributed by atoms with E-state index < -0.39 is 23.6 Å². The Bertz CT molecular complexity index is 734. The highest BCUT2D eigenvalue weighted by molar-refractivity contribution is 5.58. The Balaban J connectivity index is 1.77. The number of rotatable bonds is 2. The first kappa shape index (κ1) is 16.7. The van der Waals surface area contributed by atoms with Crippen molar-refractivity contribution >= 4 is 5.69 Å². The molecule has 1 fully saturated rings. The van der Waals surface area contributed by atoms with Crippen molar-refractivity contribution in [3.05, 3.63) is 53.4 Å². The van der Waals surface area contributed by atoms with Crippen LogP contribution in [0, 0.1) is 29.3 Å². The Kier molecular flexibility index (Phi) is 4.33. The molecule has 3 nitrogen and oxygen atoms in total. The Morgan fingerprint density at radius 3 is 2.72 bits per heavy atom. The summed E-state index contributed by atoms with van der Waals surface area (Å²) in [6.07, 6.45) is 9.31. The van der Waals surface area contributed by atoms with Gasteiger partial charge < -0.3 is 15.2 Å². The summed E-state index contributed by atoms with van der Waals surface area (Å²) in [6, 6.07) is 0.878. The molecule has 3 aliphatic rings. The number of aliphatic hydroxyl groups is 1. The molecule has 0 bridgehead atoms. The van der Waals surface area contributed by atoms with Crippen molar-refractivity contribution in [2.24, 2.45) is 11.8 Å². The molecule has 1 aromatic carbocycles. The lowest BCUT2D eigenvalue weighted by Gasteiger charge is -2.47. The van der Waals surface area contributed by atoms with E-state index in [1.165, 1.54) is 0 Å². The average molecular weight is 351 g/mol. The first-order chi connectivity index (χ1) is 12.1. The third kappa shape index (κ3) is 2.77. The van der Waals surface area contributed by atoms with Crippen molar-refractivity contribution in [1.82, 2.24) is 0 Å². The zero-order chi connectivity index (χ0) is 17.6. The van der Waals surface area contributed by atoms with Gasteiger partial charge in [-0.3, -0.25) is 0 Å². The van der Waals surface area contributed by atoms with Gasteiger partial charge in [0.15, 0.2) is 17.5 Å². The number of fused-ring (bicyclic) bond motifs is 3. The second kappa shape index (κ2) is 6.50. The average Bonchev–Trinajstić information content (AvgIpc) is 2.66. The molecule has 0 saturated carbocycles. The molecule has 0 aromatic heterocycles. The maximum absolute atomic E-state index is 14.4. The normalized spacial score (nSPS) is 33.5. The molecule has 6 heteroatoms. The van der Waals surface area contributed by atoms with Crippen LogP contribution in [-0.4, -0.2) is 23.9 Å². The standard InChI is InChI=1S/C19H20F3NO2/c20-14-8-13-18(16(22)15(14)21)23-17(10-4-2-1-3-5-10)12-7-6-11(9-24)25-19(12)13/h1-4,8,10-12,17,19,23-24H,5-7,9H2/t10?,11-,12+,17+,19+/m1/s1. The van der Waals surface area contributed by atoms with Gasteiger partial charge in [-0.1, -0.05) is 24.3 Å². The van der Waals surface area contributed by atoms with Crippen LogP contribution in [0.1, 0.15) is 30.9 Å². The maximum Gasteiger partial charge on any atom is 0.196 e. The molecule has 4 rings (SSSR count). The predicted molar refractivity (Wildman–Crippen MR) is 87.5 cm³/mol. The predicted octanol–water partition coefficient (Wildman–Crippen LogP) is 3.86. The van der Waals surface area contributed by atoms with Crippen molar-refractivity contribution in [2.75, 3.05) is 11.9 Å². The van der Waals surface area contributed by atoms with E-state index in [0.717, 1.165) is 18.9 Å². The van der Waals surface area contributed by atoms with Crippen LogP contribution in [-0.2, 0) is 4.74 Å². The number of hydrogen-bond donors (Lipinski definition) is 2. The molecule has 25 heavy (non-hydrogen) atoms. The molecule has 0 radical (unpaired) electrons. The van der Waals surface area contributed by atoms with E-state index in [4.69, 9.17) is 4.74 Å². The number of ether oxygens (including phenoxy) is 1. The number of nitrogens with one attached hydrogen (secondary N) is 1. The molecule has 1 saturated heterocycles. The lowest BCUT2D eigenvalue weighted by atomic mass is 9.73. The van der Waals surface area contributed by atoms with Gasteiger partial charge in [-0.25, -0.2) is 13.2 Å². The van der Waals surface area contributed by atoms with E-state index in [1.54, 1.807) is 0 Å². The molecule has 2 aliphatic heterocycles. The van der Waals surface area contributed by atoms with Crippen molar-refractivity contribution in [1.29, 1.82) is 0 Å². The van der Waals surface area contributed by atoms with Crippen LogP contribution >= 0.6 is 0 Å². The highest BCUT2D eigenvalue weighted by Crippen LogP contribution is 2.49. The highest BCUT2D eigenvalue weighted by atomic mass is 19.2. The first-order valence-corrected chi connectivity index (χ1v) is 8.63. The molecule has 0 amide bonds. The van der Waals surface area contributed by atoms with Crippen LogP contribution in [0.25, 0.3) is 0 Å². The number of allylic oxidation sites excluding steroid dienone is 3. The van der Waals surface area contributed by atoms with E-state index in [1.807, 2.05) is 18.2 Å². The Morgan fingerprint density at radius 2 is 2.00 bits per heavy atom. The SMILES string of the molecule is OC[C@H]1CC[C@@H]2[C@H](O1)c1cc(F)c(F)c(F)c1N[C@H]2C1C=CC=CC1. The molecular formula is C19H20F3NO2. The van der Waals surface area contributed by atoms with Gasteiger partial charge in [-0.2, -0.15) is 0 Å². The second-order valence-electron chi connectivity index (χ2n) is 6.94. The number of halogens is 3. The van der Waals surface area contributed by atoms with Gasteiger partial charge >= 0.3 is 0 Å². The van der Waals surface area contributed by atoms with Gasteiger partial charge in [-0.15, -0.1) is 0 Å². The fourth-order valence-electron chi connectivity index (χ4n) is 4.26. The summed E-state index contributed by atoms with van der Waals surface area (Å²) in [7, 11) is 0. The molecule has 5 atom stereocenters. The maximum atomic E-state index is 14.4. The number of hydrogen-bond acceptors (Lipinski definition) is 3. The number of anilines is 1. The molecule has 0 spiro atoms. The Hall–Kier alpha value is -1.79. The summed E-state index contributed by atoms with van der Waals surface area (Å²) < 4.78 is 47.9. The first-order valence-electron chi connectivity index (χ1n) is 8.63. The van der Waals surface area contributed by atoms with Gasteiger partial charge in [0, 0.05) is 23.4 Å². The molecule has 1 aromatic rings. The molecule has 1 aliphatic carbocycles. The van der Waals surface area contributed by atoms with Gasteiger partial charge in [0.2, 0.25) is 0 Å². The van der Waals surface area contributed by atoms with Crippen LogP contribution in [0.3, 0.4) is 0 Å². The van der Waals surface area contributed by atoms with E-state index in [-0.39, 0.29) is 36.3 Å². The van der Waals surface area contributed by atoms with Gasteiger partial charge in [0.05, 0.1) is 24.5 Å². The molecule has 2 N–H and O–H groups in total. The molecule has 1 unspecified atom stereocenters. The Morgan fingerprint density at radius 1 is 1.16 bits per heavy atom. The van der Waals surface area contributed by atoms with Crippen LogP contribution < -0.4 is 5.32 Å². The summed E-state index contributed by atoms with van der Waals surface area (Å²) >= 11 is 0. The van der Waals surface area contributed by atoms with Crippen molar-refractivity contribution in [3.8, 4) is 0 Å². The fraction of sp³-hybridized carbons (Fsp3) is 0.474.